The van der Waals surface area contributed by atoms with Crippen molar-refractivity contribution in [2.45, 2.75) is 25.7 Å². The zero-order valence-corrected chi connectivity index (χ0v) is 18.6. The number of sulfone groups is 1. The molecule has 9 heteroatoms. The Morgan fingerprint density at radius 3 is 2.57 bits per heavy atom. The summed E-state index contributed by atoms with van der Waals surface area (Å²) in [4.78, 5) is 17.6. The molecule has 7 nitrogen and oxygen atoms in total. The van der Waals surface area contributed by atoms with E-state index in [1.807, 2.05) is 20.8 Å². The van der Waals surface area contributed by atoms with Gasteiger partial charge in [-0.1, -0.05) is 29.5 Å². The van der Waals surface area contributed by atoms with Crippen molar-refractivity contribution in [3.8, 4) is 5.13 Å². The van der Waals surface area contributed by atoms with E-state index in [1.165, 1.54) is 23.5 Å². The third-order valence-corrected chi connectivity index (χ3v) is 6.74. The molecule has 0 unspecified atom stereocenters. The Hall–Kier alpha value is -3.04. The fourth-order valence-electron chi connectivity index (χ4n) is 3.35. The van der Waals surface area contributed by atoms with Gasteiger partial charge in [0.25, 0.3) is 5.91 Å². The molecule has 2 aromatic carbocycles. The molecule has 0 bridgehead atoms. The summed E-state index contributed by atoms with van der Waals surface area (Å²) in [6.45, 7) is 5.87. The average Bonchev–Trinajstić information content (AvgIpc) is 3.24. The summed E-state index contributed by atoms with van der Waals surface area (Å²) in [5.74, 6) is -0.0976. The number of benzene rings is 2. The van der Waals surface area contributed by atoms with Crippen molar-refractivity contribution < 1.29 is 13.2 Å². The van der Waals surface area contributed by atoms with Gasteiger partial charge in [-0.3, -0.25) is 4.79 Å². The highest BCUT2D eigenvalue weighted by Crippen LogP contribution is 2.30. The summed E-state index contributed by atoms with van der Waals surface area (Å²) in [6.07, 6.45) is 1.08. The van der Waals surface area contributed by atoms with Gasteiger partial charge in [0.15, 0.2) is 9.84 Å². The van der Waals surface area contributed by atoms with Crippen LogP contribution >= 0.6 is 11.3 Å². The second-order valence-corrected chi connectivity index (χ2v) is 10.2. The number of aryl methyl sites for hydroxylation is 3. The smallest absolute Gasteiger partial charge is 0.258 e. The van der Waals surface area contributed by atoms with Gasteiger partial charge in [0.1, 0.15) is 5.82 Å². The summed E-state index contributed by atoms with van der Waals surface area (Å²) in [7, 11) is -3.55. The van der Waals surface area contributed by atoms with Gasteiger partial charge in [-0.25, -0.2) is 13.4 Å². The molecule has 0 spiro atoms. The monoisotopic (exact) mass is 440 g/mol. The van der Waals surface area contributed by atoms with E-state index in [4.69, 9.17) is 4.98 Å². The molecule has 154 valence electrons. The molecular formula is C21H20N4O3S2. The second kappa shape index (κ2) is 7.33. The Balaban J connectivity index is 1.76. The first-order chi connectivity index (χ1) is 14.1. The van der Waals surface area contributed by atoms with Crippen LogP contribution in [0.15, 0.2) is 47.4 Å². The largest absolute Gasteiger partial charge is 0.306 e. The second-order valence-electron chi connectivity index (χ2n) is 7.23. The normalized spacial score (nSPS) is 11.7. The maximum atomic E-state index is 12.9. The number of thiazole rings is 1. The molecular weight excluding hydrogens is 420 g/mol. The Kier molecular flexibility index (Phi) is 4.95. The first kappa shape index (κ1) is 20.2. The molecule has 0 aliphatic carbocycles. The van der Waals surface area contributed by atoms with E-state index < -0.39 is 15.7 Å². The summed E-state index contributed by atoms with van der Waals surface area (Å²) >= 11 is 1.48. The van der Waals surface area contributed by atoms with E-state index in [0.29, 0.717) is 16.6 Å². The number of nitrogens with one attached hydrogen (secondary N) is 1. The first-order valence-corrected chi connectivity index (χ1v) is 11.9. The van der Waals surface area contributed by atoms with Crippen LogP contribution < -0.4 is 5.32 Å². The molecule has 0 fully saturated rings. The van der Waals surface area contributed by atoms with Crippen LogP contribution in [0.4, 0.5) is 5.82 Å². The van der Waals surface area contributed by atoms with Gasteiger partial charge in [0.05, 0.1) is 26.4 Å². The minimum absolute atomic E-state index is 0.0172. The maximum Gasteiger partial charge on any atom is 0.258 e. The zero-order valence-electron chi connectivity index (χ0n) is 16.9. The highest BCUT2D eigenvalue weighted by Gasteiger charge is 2.21. The number of fused-ring (bicyclic) bond motifs is 1. The molecule has 0 radical (unpaired) electrons. The number of rotatable bonds is 4. The fraction of sp³-hybridized carbons (Fsp3) is 0.190. The number of carbonyl (C=O) groups excluding carboxylic acids is 1. The number of hydrogen-bond donors (Lipinski definition) is 1. The van der Waals surface area contributed by atoms with Crippen LogP contribution in [-0.2, 0) is 9.84 Å². The molecule has 0 aliphatic heterocycles. The van der Waals surface area contributed by atoms with Crippen LogP contribution in [0.3, 0.4) is 0 Å². The highest BCUT2D eigenvalue weighted by atomic mass is 32.2. The van der Waals surface area contributed by atoms with Gasteiger partial charge in [-0.15, -0.1) is 0 Å². The van der Waals surface area contributed by atoms with Crippen LogP contribution in [0.2, 0.25) is 0 Å². The predicted molar refractivity (Wildman–Crippen MR) is 118 cm³/mol. The molecule has 0 saturated heterocycles. The van der Waals surface area contributed by atoms with Crippen molar-refractivity contribution >= 4 is 43.1 Å². The van der Waals surface area contributed by atoms with Crippen LogP contribution in [-0.4, -0.2) is 35.3 Å². The zero-order chi connectivity index (χ0) is 21.6. The molecule has 0 aliphatic rings. The Morgan fingerprint density at radius 2 is 1.83 bits per heavy atom. The minimum atomic E-state index is -3.55. The molecule has 0 atom stereocenters. The van der Waals surface area contributed by atoms with Crippen molar-refractivity contribution in [2.24, 2.45) is 0 Å². The number of hydrogen-bond acceptors (Lipinski definition) is 6. The molecule has 1 amide bonds. The van der Waals surface area contributed by atoms with Gasteiger partial charge in [0.2, 0.25) is 5.13 Å². The van der Waals surface area contributed by atoms with Crippen molar-refractivity contribution in [2.75, 3.05) is 11.6 Å². The van der Waals surface area contributed by atoms with Crippen LogP contribution in [0.1, 0.15) is 27.2 Å². The number of amides is 1. The third-order valence-electron chi connectivity index (χ3n) is 4.60. The quantitative estimate of drug-likeness (QED) is 0.516. The summed E-state index contributed by atoms with van der Waals surface area (Å²) < 4.78 is 26.7. The molecule has 2 heterocycles. The van der Waals surface area contributed by atoms with E-state index in [2.05, 4.69) is 22.5 Å². The van der Waals surface area contributed by atoms with Crippen molar-refractivity contribution in [1.82, 2.24) is 14.8 Å². The van der Waals surface area contributed by atoms with Gasteiger partial charge in [-0.2, -0.15) is 9.78 Å². The van der Waals surface area contributed by atoms with Gasteiger partial charge in [-0.05, 0) is 50.1 Å². The first-order valence-electron chi connectivity index (χ1n) is 9.19. The van der Waals surface area contributed by atoms with Crippen LogP contribution in [0.25, 0.3) is 15.3 Å². The maximum absolute atomic E-state index is 12.9. The third kappa shape index (κ3) is 3.73. The number of aromatic nitrogens is 3. The highest BCUT2D eigenvalue weighted by molar-refractivity contribution is 7.90. The lowest BCUT2D eigenvalue weighted by atomic mass is 10.1. The van der Waals surface area contributed by atoms with E-state index >= 15 is 0 Å². The summed E-state index contributed by atoms with van der Waals surface area (Å²) in [5, 5.41) is 7.89. The van der Waals surface area contributed by atoms with Crippen molar-refractivity contribution in [3.05, 3.63) is 64.8 Å². The number of carbonyl (C=O) groups is 1. The standard InChI is InChI=1S/C21H20N4O3S2/c1-12-9-13(2)19-16(10-12)29-21(23-19)25-18(11-14(3)24-25)22-20(26)15-7-5-6-8-17(15)30(4,27)28/h5-11H,1-4H3,(H,22,26). The van der Waals surface area contributed by atoms with E-state index in [-0.39, 0.29) is 10.5 Å². The van der Waals surface area contributed by atoms with E-state index in [9.17, 15) is 13.2 Å². The molecule has 1 N–H and O–H groups in total. The number of anilines is 1. The Bertz CT molecular complexity index is 1400. The van der Waals surface area contributed by atoms with E-state index in [1.54, 1.807) is 22.9 Å². The summed E-state index contributed by atoms with van der Waals surface area (Å²) in [5.41, 5.74) is 3.91. The summed E-state index contributed by atoms with van der Waals surface area (Å²) in [6, 6.07) is 12.0. The molecule has 2 aromatic heterocycles. The van der Waals surface area contributed by atoms with Crippen LogP contribution in [0, 0.1) is 20.8 Å². The molecule has 4 rings (SSSR count). The molecule has 30 heavy (non-hydrogen) atoms. The predicted octanol–water partition coefficient (Wildman–Crippen LogP) is 4.06. The van der Waals surface area contributed by atoms with Crippen LogP contribution in [0.5, 0.6) is 0 Å². The lowest BCUT2D eigenvalue weighted by molar-refractivity contribution is 0.102. The lowest BCUT2D eigenvalue weighted by Crippen LogP contribution is -2.18. The van der Waals surface area contributed by atoms with Gasteiger partial charge >= 0.3 is 0 Å². The Morgan fingerprint density at radius 1 is 1.10 bits per heavy atom. The average molecular weight is 441 g/mol. The van der Waals surface area contributed by atoms with Gasteiger partial charge < -0.3 is 5.32 Å². The minimum Gasteiger partial charge on any atom is -0.306 e. The molecule has 4 aromatic rings. The van der Waals surface area contributed by atoms with Gasteiger partial charge in [0, 0.05) is 12.3 Å². The Labute approximate surface area is 178 Å². The van der Waals surface area contributed by atoms with Crippen molar-refractivity contribution in [1.29, 1.82) is 0 Å². The van der Waals surface area contributed by atoms with Crippen molar-refractivity contribution in [3.63, 3.8) is 0 Å². The lowest BCUT2D eigenvalue weighted by Gasteiger charge is -2.09. The SMILES string of the molecule is Cc1cc(C)c2nc(-n3nc(C)cc3NC(=O)c3ccccc3S(C)(=O)=O)sc2c1. The fourth-order valence-corrected chi connectivity index (χ4v) is 5.34. The number of nitrogens with zero attached hydrogens (tertiary/aromatic N) is 3. The topological polar surface area (TPSA) is 93.9 Å². The van der Waals surface area contributed by atoms with E-state index in [0.717, 1.165) is 27.6 Å². The molecule has 0 saturated carbocycles.